The molecule has 1 aromatic heterocycles. The maximum absolute atomic E-state index is 5.65. The lowest BCUT2D eigenvalue weighted by atomic mass is 10.2. The highest BCUT2D eigenvalue weighted by Gasteiger charge is 2.04. The van der Waals surface area contributed by atoms with Gasteiger partial charge in [-0.25, -0.2) is 0 Å². The predicted molar refractivity (Wildman–Crippen MR) is 78.0 cm³/mol. The first-order chi connectivity index (χ1) is 8.65. The Morgan fingerprint density at radius 1 is 1.56 bits per heavy atom. The average molecular weight is 268 g/mol. The minimum atomic E-state index is 0.382. The highest BCUT2D eigenvalue weighted by atomic mass is 32.1. The van der Waals surface area contributed by atoms with Crippen LogP contribution in [0.25, 0.3) is 0 Å². The van der Waals surface area contributed by atoms with Gasteiger partial charge in [-0.05, 0) is 13.1 Å². The molecule has 0 bridgehead atoms. The number of hydrogen-bond acceptors (Lipinski definition) is 5. The number of aromatic nitrogens is 1. The quantitative estimate of drug-likeness (QED) is 0.677. The van der Waals surface area contributed by atoms with Gasteiger partial charge in [-0.2, -0.15) is 0 Å². The maximum atomic E-state index is 5.65. The largest absolute Gasteiger partial charge is 0.389 e. The van der Waals surface area contributed by atoms with Gasteiger partial charge in [0.25, 0.3) is 0 Å². The average Bonchev–Trinajstić information content (AvgIpc) is 2.36. The number of hydrogen-bond donors (Lipinski definition) is 2. The molecule has 5 nitrogen and oxygen atoms in total. The van der Waals surface area contributed by atoms with Gasteiger partial charge < -0.3 is 20.7 Å². The highest BCUT2D eigenvalue weighted by molar-refractivity contribution is 7.80. The van der Waals surface area contributed by atoms with Crippen molar-refractivity contribution in [1.82, 2.24) is 9.88 Å². The second-order valence-corrected chi connectivity index (χ2v) is 4.45. The van der Waals surface area contributed by atoms with Gasteiger partial charge in [0.1, 0.15) is 4.99 Å². The highest BCUT2D eigenvalue weighted by Crippen LogP contribution is 2.12. The Labute approximate surface area is 113 Å². The van der Waals surface area contributed by atoms with E-state index in [4.69, 9.17) is 22.7 Å². The number of ether oxygens (including phenoxy) is 1. The number of likely N-dealkylation sites (N-methyl/N-ethyl adjacent to an activating group) is 1. The molecule has 1 heterocycles. The van der Waals surface area contributed by atoms with Crippen molar-refractivity contribution in [3.63, 3.8) is 0 Å². The summed E-state index contributed by atoms with van der Waals surface area (Å²) < 4.78 is 5.02. The molecule has 0 aliphatic rings. The van der Waals surface area contributed by atoms with Crippen molar-refractivity contribution in [3.05, 3.63) is 24.0 Å². The monoisotopic (exact) mass is 268 g/mol. The lowest BCUT2D eigenvalue weighted by molar-refractivity contribution is 0.163. The van der Waals surface area contributed by atoms with Crippen LogP contribution in [0.1, 0.15) is 5.56 Å². The zero-order valence-electron chi connectivity index (χ0n) is 10.8. The molecule has 6 heteroatoms. The molecule has 18 heavy (non-hydrogen) atoms. The van der Waals surface area contributed by atoms with Crippen molar-refractivity contribution in [2.24, 2.45) is 5.73 Å². The predicted octanol–water partition coefficient (Wildman–Crippen LogP) is 0.706. The molecular formula is C12H20N4OS. The van der Waals surface area contributed by atoms with Gasteiger partial charge in [-0.15, -0.1) is 0 Å². The van der Waals surface area contributed by atoms with E-state index in [9.17, 15) is 0 Å². The molecule has 0 spiro atoms. The Bertz CT molecular complexity index is 386. The number of nitrogens with two attached hydrogens (primary N) is 1. The Kier molecular flexibility index (Phi) is 6.56. The van der Waals surface area contributed by atoms with Gasteiger partial charge in [0.05, 0.1) is 18.5 Å². The first-order valence-electron chi connectivity index (χ1n) is 5.80. The van der Waals surface area contributed by atoms with E-state index in [0.717, 1.165) is 37.5 Å². The first kappa shape index (κ1) is 14.8. The maximum Gasteiger partial charge on any atom is 0.106 e. The van der Waals surface area contributed by atoms with Crippen LogP contribution in [0, 0.1) is 0 Å². The molecule has 0 fully saturated rings. The third kappa shape index (κ3) is 4.95. The molecule has 1 aromatic rings. The third-order valence-corrected chi connectivity index (χ3v) is 2.79. The number of anilines is 1. The molecule has 100 valence electrons. The molecular weight excluding hydrogens is 248 g/mol. The summed E-state index contributed by atoms with van der Waals surface area (Å²) in [6, 6.07) is 1.82. The molecule has 0 aromatic carbocycles. The van der Waals surface area contributed by atoms with E-state index >= 15 is 0 Å². The normalized spacial score (nSPS) is 10.6. The molecule has 0 saturated heterocycles. The zero-order chi connectivity index (χ0) is 13.4. The molecule has 0 aliphatic heterocycles. The molecule has 3 N–H and O–H groups in total. The summed E-state index contributed by atoms with van der Waals surface area (Å²) in [7, 11) is 3.76. The summed E-state index contributed by atoms with van der Waals surface area (Å²) in [6.07, 6.45) is 3.42. The van der Waals surface area contributed by atoms with Crippen LogP contribution in [0.3, 0.4) is 0 Å². The van der Waals surface area contributed by atoms with Gasteiger partial charge in [0, 0.05) is 38.5 Å². The topological polar surface area (TPSA) is 63.4 Å². The molecule has 0 atom stereocenters. The summed E-state index contributed by atoms with van der Waals surface area (Å²) in [5.41, 5.74) is 7.36. The van der Waals surface area contributed by atoms with Crippen LogP contribution in [0.15, 0.2) is 18.5 Å². The Morgan fingerprint density at radius 2 is 2.33 bits per heavy atom. The summed E-state index contributed by atoms with van der Waals surface area (Å²) in [5.74, 6) is 0. The van der Waals surface area contributed by atoms with E-state index in [0.29, 0.717) is 4.99 Å². The van der Waals surface area contributed by atoms with Crippen LogP contribution in [0.5, 0.6) is 0 Å². The lowest BCUT2D eigenvalue weighted by Crippen LogP contribution is -2.28. The second-order valence-electron chi connectivity index (χ2n) is 4.01. The standard InChI is InChI=1S/C12H20N4OS/c1-16(7-8-17-2)6-5-15-11-9-14-4-3-10(11)12(13)18/h3-4,9,15H,5-8H2,1-2H3,(H2,13,18). The fourth-order valence-electron chi connectivity index (χ4n) is 1.49. The van der Waals surface area contributed by atoms with Crippen molar-refractivity contribution < 1.29 is 4.74 Å². The van der Waals surface area contributed by atoms with Gasteiger partial charge in [0.15, 0.2) is 0 Å². The van der Waals surface area contributed by atoms with Gasteiger partial charge >= 0.3 is 0 Å². The zero-order valence-corrected chi connectivity index (χ0v) is 11.7. The van der Waals surface area contributed by atoms with Crippen molar-refractivity contribution in [3.8, 4) is 0 Å². The van der Waals surface area contributed by atoms with Crippen LogP contribution in [-0.2, 0) is 4.74 Å². The smallest absolute Gasteiger partial charge is 0.106 e. The lowest BCUT2D eigenvalue weighted by Gasteiger charge is -2.17. The molecule has 0 radical (unpaired) electrons. The van der Waals surface area contributed by atoms with Crippen LogP contribution in [0.2, 0.25) is 0 Å². The van der Waals surface area contributed by atoms with Crippen LogP contribution >= 0.6 is 12.2 Å². The van der Waals surface area contributed by atoms with Gasteiger partial charge in [-0.1, -0.05) is 12.2 Å². The summed E-state index contributed by atoms with van der Waals surface area (Å²) in [6.45, 7) is 3.37. The second kappa shape index (κ2) is 7.97. The Balaban J connectivity index is 2.41. The fraction of sp³-hybridized carbons (Fsp3) is 0.500. The van der Waals surface area contributed by atoms with E-state index in [1.54, 1.807) is 19.5 Å². The molecule has 0 unspecified atom stereocenters. The van der Waals surface area contributed by atoms with E-state index in [-0.39, 0.29) is 0 Å². The minimum absolute atomic E-state index is 0.382. The van der Waals surface area contributed by atoms with E-state index in [1.165, 1.54) is 0 Å². The number of nitrogens with zero attached hydrogens (tertiary/aromatic N) is 2. The van der Waals surface area contributed by atoms with Crippen molar-refractivity contribution >= 4 is 22.9 Å². The molecule has 0 amide bonds. The van der Waals surface area contributed by atoms with Crippen molar-refractivity contribution in [2.75, 3.05) is 45.7 Å². The Morgan fingerprint density at radius 3 is 3.00 bits per heavy atom. The summed E-state index contributed by atoms with van der Waals surface area (Å²) in [4.78, 5) is 6.63. The molecule has 0 saturated carbocycles. The molecule has 1 rings (SSSR count). The van der Waals surface area contributed by atoms with Gasteiger partial charge in [-0.3, -0.25) is 4.98 Å². The summed E-state index contributed by atoms with van der Waals surface area (Å²) in [5, 5.41) is 3.29. The van der Waals surface area contributed by atoms with Gasteiger partial charge in [0.2, 0.25) is 0 Å². The van der Waals surface area contributed by atoms with E-state index in [1.807, 2.05) is 6.07 Å². The number of pyridine rings is 1. The van der Waals surface area contributed by atoms with Crippen LogP contribution in [-0.4, -0.2) is 55.3 Å². The summed E-state index contributed by atoms with van der Waals surface area (Å²) >= 11 is 4.99. The van der Waals surface area contributed by atoms with Crippen molar-refractivity contribution in [1.29, 1.82) is 0 Å². The van der Waals surface area contributed by atoms with E-state index in [2.05, 4.69) is 22.2 Å². The van der Waals surface area contributed by atoms with Crippen molar-refractivity contribution in [2.45, 2.75) is 0 Å². The SMILES string of the molecule is COCCN(C)CCNc1cnccc1C(N)=S. The van der Waals surface area contributed by atoms with Crippen LogP contribution < -0.4 is 11.1 Å². The van der Waals surface area contributed by atoms with Crippen LogP contribution in [0.4, 0.5) is 5.69 Å². The number of nitrogens with one attached hydrogen (secondary N) is 1. The van der Waals surface area contributed by atoms with E-state index < -0.39 is 0 Å². The Hall–Kier alpha value is -1.24. The first-order valence-corrected chi connectivity index (χ1v) is 6.21. The fourth-order valence-corrected chi connectivity index (χ4v) is 1.67. The minimum Gasteiger partial charge on any atom is -0.389 e. The third-order valence-electron chi connectivity index (χ3n) is 2.57. The number of rotatable bonds is 8. The number of methoxy groups -OCH3 is 1. The number of thiocarbonyl (C=S) groups is 1. The molecule has 0 aliphatic carbocycles.